The number of carbonyl (C=O) groups excluding carboxylic acids is 1. The van der Waals surface area contributed by atoms with E-state index in [2.05, 4.69) is 20.5 Å². The number of non-ortho nitro benzene ring substituents is 1. The van der Waals surface area contributed by atoms with Crippen molar-refractivity contribution in [2.75, 3.05) is 5.32 Å². The van der Waals surface area contributed by atoms with Gasteiger partial charge in [-0.1, -0.05) is 12.1 Å². The number of nitrogens with one attached hydrogen (secondary N) is 2. The molecule has 1 atom stereocenters. The normalized spacial score (nSPS) is 11.9. The minimum Gasteiger partial charge on any atom is -0.325 e. The number of anilines is 1. The van der Waals surface area contributed by atoms with Crippen molar-refractivity contribution in [1.29, 1.82) is 0 Å². The van der Waals surface area contributed by atoms with Crippen molar-refractivity contribution in [3.8, 4) is 11.3 Å². The SMILES string of the molecule is C[C@@H](C(=O)Nc1cc(-c2cccc([N+](=O)[O-])c2)[nH]n1)n1ccnc1. The Balaban J connectivity index is 1.75. The summed E-state index contributed by atoms with van der Waals surface area (Å²) in [6, 6.07) is 7.35. The molecule has 9 nitrogen and oxygen atoms in total. The fourth-order valence-corrected chi connectivity index (χ4v) is 2.19. The quantitative estimate of drug-likeness (QED) is 0.551. The van der Waals surface area contributed by atoms with Gasteiger partial charge >= 0.3 is 0 Å². The average molecular weight is 326 g/mol. The first-order valence-electron chi connectivity index (χ1n) is 7.13. The number of hydrogen-bond acceptors (Lipinski definition) is 5. The van der Waals surface area contributed by atoms with Crippen LogP contribution in [0.2, 0.25) is 0 Å². The predicted octanol–water partition coefficient (Wildman–Crippen LogP) is 2.38. The number of aromatic nitrogens is 4. The van der Waals surface area contributed by atoms with Crippen LogP contribution < -0.4 is 5.32 Å². The topological polar surface area (TPSA) is 119 Å². The van der Waals surface area contributed by atoms with Crippen LogP contribution in [0.5, 0.6) is 0 Å². The van der Waals surface area contributed by atoms with E-state index in [1.54, 1.807) is 48.4 Å². The number of nitro benzene ring substituents is 1. The second-order valence-corrected chi connectivity index (χ2v) is 5.15. The summed E-state index contributed by atoms with van der Waals surface area (Å²) in [6.45, 7) is 1.74. The van der Waals surface area contributed by atoms with Crippen LogP contribution in [0.15, 0.2) is 49.1 Å². The maximum Gasteiger partial charge on any atom is 0.270 e. The second-order valence-electron chi connectivity index (χ2n) is 5.15. The van der Waals surface area contributed by atoms with E-state index in [1.165, 1.54) is 12.1 Å². The van der Waals surface area contributed by atoms with Gasteiger partial charge in [-0.05, 0) is 6.92 Å². The van der Waals surface area contributed by atoms with Crippen molar-refractivity contribution in [1.82, 2.24) is 19.7 Å². The number of imidazole rings is 1. The first-order valence-corrected chi connectivity index (χ1v) is 7.13. The van der Waals surface area contributed by atoms with Crippen molar-refractivity contribution >= 4 is 17.4 Å². The Morgan fingerprint density at radius 1 is 1.42 bits per heavy atom. The van der Waals surface area contributed by atoms with Gasteiger partial charge in [-0.25, -0.2) is 4.98 Å². The number of rotatable bonds is 5. The maximum atomic E-state index is 12.2. The molecule has 0 bridgehead atoms. The molecule has 0 unspecified atom stereocenters. The Morgan fingerprint density at radius 3 is 2.96 bits per heavy atom. The number of amides is 1. The van der Waals surface area contributed by atoms with E-state index in [1.807, 2.05) is 0 Å². The van der Waals surface area contributed by atoms with Crippen molar-refractivity contribution in [2.45, 2.75) is 13.0 Å². The molecule has 0 aliphatic rings. The van der Waals surface area contributed by atoms with E-state index in [9.17, 15) is 14.9 Å². The Bertz CT molecular complexity index is 871. The minimum atomic E-state index is -0.463. The van der Waals surface area contributed by atoms with Gasteiger partial charge in [-0.2, -0.15) is 5.10 Å². The van der Waals surface area contributed by atoms with Gasteiger partial charge in [0.1, 0.15) is 6.04 Å². The fraction of sp³-hybridized carbons (Fsp3) is 0.133. The van der Waals surface area contributed by atoms with Crippen LogP contribution in [0, 0.1) is 10.1 Å². The zero-order chi connectivity index (χ0) is 17.1. The molecule has 9 heteroatoms. The third-order valence-corrected chi connectivity index (χ3v) is 3.55. The summed E-state index contributed by atoms with van der Waals surface area (Å²) >= 11 is 0. The predicted molar refractivity (Wildman–Crippen MR) is 86.2 cm³/mol. The lowest BCUT2D eigenvalue weighted by molar-refractivity contribution is -0.384. The zero-order valence-corrected chi connectivity index (χ0v) is 12.7. The largest absolute Gasteiger partial charge is 0.325 e. The molecule has 3 rings (SSSR count). The lowest BCUT2D eigenvalue weighted by atomic mass is 10.1. The third-order valence-electron chi connectivity index (χ3n) is 3.55. The van der Waals surface area contributed by atoms with Crippen molar-refractivity contribution < 1.29 is 9.72 Å². The van der Waals surface area contributed by atoms with E-state index in [4.69, 9.17) is 0 Å². The molecule has 0 fully saturated rings. The van der Waals surface area contributed by atoms with E-state index >= 15 is 0 Å². The lowest BCUT2D eigenvalue weighted by Gasteiger charge is -2.11. The molecule has 0 saturated heterocycles. The molecule has 1 aromatic carbocycles. The number of benzene rings is 1. The highest BCUT2D eigenvalue weighted by Gasteiger charge is 2.16. The zero-order valence-electron chi connectivity index (χ0n) is 12.7. The number of hydrogen-bond donors (Lipinski definition) is 2. The van der Waals surface area contributed by atoms with Crippen LogP contribution in [0.3, 0.4) is 0 Å². The standard InChI is InChI=1S/C15H14N6O3/c1-10(20-6-5-16-9-20)15(22)17-14-8-13(18-19-14)11-3-2-4-12(7-11)21(23)24/h2-10H,1H3,(H2,17,18,19,22)/t10-/m0/s1. The van der Waals surface area contributed by atoms with E-state index in [0.717, 1.165) is 0 Å². The molecule has 0 saturated carbocycles. The Hall–Kier alpha value is -3.49. The van der Waals surface area contributed by atoms with Crippen molar-refractivity contribution in [3.63, 3.8) is 0 Å². The number of carbonyl (C=O) groups is 1. The molecular weight excluding hydrogens is 312 g/mol. The molecule has 122 valence electrons. The van der Waals surface area contributed by atoms with Gasteiger partial charge in [0.05, 0.1) is 16.9 Å². The number of nitrogens with zero attached hydrogens (tertiary/aromatic N) is 4. The highest BCUT2D eigenvalue weighted by Crippen LogP contribution is 2.24. The van der Waals surface area contributed by atoms with Crippen LogP contribution in [0.1, 0.15) is 13.0 Å². The van der Waals surface area contributed by atoms with Crippen LogP contribution in [-0.2, 0) is 4.79 Å². The monoisotopic (exact) mass is 326 g/mol. The van der Waals surface area contributed by atoms with Gasteiger partial charge in [-0.3, -0.25) is 20.0 Å². The lowest BCUT2D eigenvalue weighted by Crippen LogP contribution is -2.23. The van der Waals surface area contributed by atoms with Crippen molar-refractivity contribution in [3.05, 3.63) is 59.2 Å². The van der Waals surface area contributed by atoms with Crippen LogP contribution in [0.4, 0.5) is 11.5 Å². The summed E-state index contributed by atoms with van der Waals surface area (Å²) in [5.41, 5.74) is 1.17. The van der Waals surface area contributed by atoms with E-state index in [0.29, 0.717) is 17.1 Å². The highest BCUT2D eigenvalue weighted by atomic mass is 16.6. The van der Waals surface area contributed by atoms with Gasteiger partial charge in [0.2, 0.25) is 5.91 Å². The molecule has 3 aromatic rings. The molecule has 2 aromatic heterocycles. The molecule has 2 heterocycles. The van der Waals surface area contributed by atoms with Gasteiger partial charge < -0.3 is 9.88 Å². The van der Waals surface area contributed by atoms with Gasteiger partial charge in [-0.15, -0.1) is 0 Å². The van der Waals surface area contributed by atoms with Gasteiger partial charge in [0, 0.05) is 36.2 Å². The fourth-order valence-electron chi connectivity index (χ4n) is 2.19. The molecule has 1 amide bonds. The van der Waals surface area contributed by atoms with Crippen LogP contribution in [0.25, 0.3) is 11.3 Å². The smallest absolute Gasteiger partial charge is 0.270 e. The molecule has 0 radical (unpaired) electrons. The number of aromatic amines is 1. The summed E-state index contributed by atoms with van der Waals surface area (Å²) in [5, 5.41) is 20.3. The summed E-state index contributed by atoms with van der Waals surface area (Å²) in [5.74, 6) is 0.0959. The molecule has 0 spiro atoms. The Kier molecular flexibility index (Phi) is 4.06. The van der Waals surface area contributed by atoms with Crippen LogP contribution >= 0.6 is 0 Å². The van der Waals surface area contributed by atoms with Gasteiger partial charge in [0.25, 0.3) is 5.69 Å². The number of nitro groups is 1. The second kappa shape index (κ2) is 6.32. The molecule has 0 aliphatic carbocycles. The Labute approximate surface area is 136 Å². The van der Waals surface area contributed by atoms with Crippen LogP contribution in [-0.4, -0.2) is 30.6 Å². The molecule has 24 heavy (non-hydrogen) atoms. The summed E-state index contributed by atoms with van der Waals surface area (Å²) in [6.07, 6.45) is 4.85. The summed E-state index contributed by atoms with van der Waals surface area (Å²) in [4.78, 5) is 26.5. The summed E-state index contributed by atoms with van der Waals surface area (Å²) < 4.78 is 1.67. The number of H-pyrrole nitrogens is 1. The minimum absolute atomic E-state index is 0.0126. The maximum absolute atomic E-state index is 12.2. The van der Waals surface area contributed by atoms with Crippen molar-refractivity contribution in [2.24, 2.45) is 0 Å². The summed E-state index contributed by atoms with van der Waals surface area (Å²) in [7, 11) is 0. The van der Waals surface area contributed by atoms with E-state index < -0.39 is 11.0 Å². The van der Waals surface area contributed by atoms with E-state index in [-0.39, 0.29) is 11.6 Å². The molecule has 2 N–H and O–H groups in total. The third kappa shape index (κ3) is 3.14. The first kappa shape index (κ1) is 15.4. The average Bonchev–Trinajstić information content (AvgIpc) is 3.26. The molecular formula is C15H14N6O3. The first-order chi connectivity index (χ1) is 11.5. The highest BCUT2D eigenvalue weighted by molar-refractivity contribution is 5.93. The molecule has 0 aliphatic heterocycles. The van der Waals surface area contributed by atoms with Gasteiger partial charge in [0.15, 0.2) is 5.82 Å². The Morgan fingerprint density at radius 2 is 2.25 bits per heavy atom.